The quantitative estimate of drug-likeness (QED) is 0.0212. The molecule has 448 valence electrons. The number of likely N-dealkylation sites (N-methyl/N-ethyl adjacent to an activating group) is 1. The zero-order chi connectivity index (χ0) is 57.2. The summed E-state index contributed by atoms with van der Waals surface area (Å²) in [4.78, 5) is 40.0. The normalized spacial score (nSPS) is 14.4. The lowest BCUT2D eigenvalue weighted by molar-refractivity contribution is -0.870. The van der Waals surface area contributed by atoms with Crippen molar-refractivity contribution in [2.45, 2.75) is 270 Å². The number of nitrogens with one attached hydrogen (secondary N) is 1. The molecule has 0 aliphatic heterocycles. The maximum atomic E-state index is 13.5. The topological polar surface area (TPSA) is 114 Å². The van der Waals surface area contributed by atoms with Gasteiger partial charge < -0.3 is 28.5 Å². The summed E-state index contributed by atoms with van der Waals surface area (Å²) in [6.45, 7) is 6.65. The maximum Gasteiger partial charge on any atom is 0.306 e. The molecule has 0 aromatic carbocycles. The molecule has 0 fully saturated rings. The van der Waals surface area contributed by atoms with E-state index in [2.05, 4.69) is 123 Å². The second-order valence-electron chi connectivity index (χ2n) is 22.2. The van der Waals surface area contributed by atoms with Crippen LogP contribution in [-0.4, -0.2) is 69.4 Å². The number of phosphoric ester groups is 1. The van der Waals surface area contributed by atoms with Gasteiger partial charge in [0, 0.05) is 12.8 Å². The molecule has 3 atom stereocenters. The largest absolute Gasteiger partial charge is 0.756 e. The molecule has 0 bridgehead atoms. The molecule has 9 nitrogen and oxygen atoms in total. The fourth-order valence-corrected chi connectivity index (χ4v) is 9.29. The second kappa shape index (κ2) is 56.9. The van der Waals surface area contributed by atoms with Crippen LogP contribution in [0, 0.1) is 0 Å². The van der Waals surface area contributed by atoms with Gasteiger partial charge in [0.15, 0.2) is 0 Å². The van der Waals surface area contributed by atoms with Gasteiger partial charge in [-0.25, -0.2) is 0 Å². The van der Waals surface area contributed by atoms with Gasteiger partial charge in [-0.2, -0.15) is 0 Å². The van der Waals surface area contributed by atoms with E-state index in [-0.39, 0.29) is 31.3 Å². The Hall–Kier alpha value is -3.33. The van der Waals surface area contributed by atoms with Crippen LogP contribution in [0.3, 0.4) is 0 Å². The number of carbonyl (C=O) groups excluding carboxylic acids is 2. The minimum Gasteiger partial charge on any atom is -0.756 e. The number of hydrogen-bond acceptors (Lipinski definition) is 7. The van der Waals surface area contributed by atoms with Gasteiger partial charge in [0.25, 0.3) is 7.82 Å². The third-order valence-corrected chi connectivity index (χ3v) is 14.4. The summed E-state index contributed by atoms with van der Waals surface area (Å²) in [5.74, 6) is -0.618. The molecule has 0 aromatic rings. The number of rotatable bonds is 56. The Morgan fingerprint density at radius 2 is 0.833 bits per heavy atom. The van der Waals surface area contributed by atoms with Crippen LogP contribution in [-0.2, 0) is 27.9 Å². The van der Waals surface area contributed by atoms with Crippen molar-refractivity contribution in [3.8, 4) is 0 Å². The number of quaternary nitrogens is 1. The first-order valence-electron chi connectivity index (χ1n) is 31.7. The lowest BCUT2D eigenvalue weighted by Gasteiger charge is -2.30. The zero-order valence-corrected chi connectivity index (χ0v) is 52.0. The standard InChI is InChI=1S/C68H119N2O7P/c1-7-10-13-16-19-22-25-28-30-32-33-34-35-36-37-39-41-43-46-49-52-55-58-61-68(72)77-66(59-56-53-50-47-44-27-24-21-18-15-12-9-3)65(64-76-78(73,74)75-63-62-70(4,5)6)69-67(71)60-57-54-51-48-45-42-40-38-31-29-26-23-20-17-14-11-8-2/h11,14,19-20,22-23,28-31,33-34,40,42,48,51,56,59,65-66H,7-10,12-13,15-18,21,24-27,32,35-39,41,43-47,49-50,52-55,57-58,60-64H2,1-6H3,(H-,69,71,73,74)/b14-11-,22-19-,23-20-,30-28-,31-29-,34-33-,42-40-,51-48-,59-56-. The number of allylic oxidation sites excluding steroid dienone is 17. The van der Waals surface area contributed by atoms with Gasteiger partial charge in [-0.15, -0.1) is 0 Å². The lowest BCUT2D eigenvalue weighted by Crippen LogP contribution is -2.47. The smallest absolute Gasteiger partial charge is 0.306 e. The lowest BCUT2D eigenvalue weighted by atomic mass is 10.0. The summed E-state index contributed by atoms with van der Waals surface area (Å²) in [5, 5.41) is 2.99. The highest BCUT2D eigenvalue weighted by Gasteiger charge is 2.27. The molecule has 78 heavy (non-hydrogen) atoms. The van der Waals surface area contributed by atoms with Gasteiger partial charge in [0.05, 0.1) is 33.8 Å². The Morgan fingerprint density at radius 3 is 1.28 bits per heavy atom. The third kappa shape index (κ3) is 57.4. The van der Waals surface area contributed by atoms with E-state index in [9.17, 15) is 19.0 Å². The molecule has 1 amide bonds. The summed E-state index contributed by atoms with van der Waals surface area (Å²) in [6.07, 6.45) is 77.8. The molecule has 0 rings (SSSR count). The van der Waals surface area contributed by atoms with E-state index in [0.29, 0.717) is 23.9 Å². The van der Waals surface area contributed by atoms with Crippen molar-refractivity contribution in [1.82, 2.24) is 5.32 Å². The fourth-order valence-electron chi connectivity index (χ4n) is 8.56. The Bertz CT molecular complexity index is 1700. The van der Waals surface area contributed by atoms with Crippen molar-refractivity contribution in [3.05, 3.63) is 109 Å². The van der Waals surface area contributed by atoms with Crippen LogP contribution in [0.1, 0.15) is 258 Å². The van der Waals surface area contributed by atoms with Crippen LogP contribution in [0.4, 0.5) is 0 Å². The van der Waals surface area contributed by atoms with Crippen molar-refractivity contribution in [1.29, 1.82) is 0 Å². The molecule has 10 heteroatoms. The molecular weight excluding hydrogens is 988 g/mol. The highest BCUT2D eigenvalue weighted by molar-refractivity contribution is 7.45. The van der Waals surface area contributed by atoms with Gasteiger partial charge in [-0.05, 0) is 109 Å². The highest BCUT2D eigenvalue weighted by Crippen LogP contribution is 2.38. The van der Waals surface area contributed by atoms with Crippen LogP contribution in [0.15, 0.2) is 109 Å². The van der Waals surface area contributed by atoms with E-state index >= 15 is 0 Å². The first kappa shape index (κ1) is 74.7. The van der Waals surface area contributed by atoms with Crippen LogP contribution < -0.4 is 10.2 Å². The van der Waals surface area contributed by atoms with E-state index in [1.807, 2.05) is 33.3 Å². The molecule has 0 saturated carbocycles. The van der Waals surface area contributed by atoms with Crippen molar-refractivity contribution in [2.24, 2.45) is 0 Å². The first-order valence-corrected chi connectivity index (χ1v) is 33.2. The first-order chi connectivity index (χ1) is 37.9. The predicted molar refractivity (Wildman–Crippen MR) is 334 cm³/mol. The van der Waals surface area contributed by atoms with Gasteiger partial charge in [0.1, 0.15) is 19.3 Å². The van der Waals surface area contributed by atoms with Crippen molar-refractivity contribution < 1.29 is 37.3 Å². The van der Waals surface area contributed by atoms with Gasteiger partial charge in [0.2, 0.25) is 5.91 Å². The monoisotopic (exact) mass is 1110 g/mol. The summed E-state index contributed by atoms with van der Waals surface area (Å²) in [6, 6.07) is -0.926. The molecule has 0 spiro atoms. The molecule has 0 aliphatic rings. The number of nitrogens with zero attached hydrogens (tertiary/aromatic N) is 1. The number of esters is 1. The summed E-state index contributed by atoms with van der Waals surface area (Å²) < 4.78 is 30.3. The number of hydrogen-bond donors (Lipinski definition) is 1. The third-order valence-electron chi connectivity index (χ3n) is 13.4. The molecule has 0 aliphatic carbocycles. The highest BCUT2D eigenvalue weighted by atomic mass is 31.2. The summed E-state index contributed by atoms with van der Waals surface area (Å²) in [5.41, 5.74) is 0. The Labute approximate surface area is 481 Å². The van der Waals surface area contributed by atoms with Crippen LogP contribution >= 0.6 is 7.82 Å². The van der Waals surface area contributed by atoms with E-state index in [1.165, 1.54) is 116 Å². The Kier molecular flexibility index (Phi) is 54.5. The van der Waals surface area contributed by atoms with Crippen molar-refractivity contribution in [2.75, 3.05) is 40.9 Å². The van der Waals surface area contributed by atoms with Gasteiger partial charge >= 0.3 is 5.97 Å². The van der Waals surface area contributed by atoms with Gasteiger partial charge in [-0.3, -0.25) is 14.2 Å². The predicted octanol–water partition coefficient (Wildman–Crippen LogP) is 19.1. The van der Waals surface area contributed by atoms with E-state index < -0.39 is 26.6 Å². The average Bonchev–Trinajstić information content (AvgIpc) is 3.40. The minimum absolute atomic E-state index is 0.0386. The number of unbranched alkanes of at least 4 members (excludes halogenated alkanes) is 24. The molecule has 3 unspecified atom stereocenters. The molecule has 0 heterocycles. The molecular formula is C68H119N2O7P. The second-order valence-corrected chi connectivity index (χ2v) is 23.6. The van der Waals surface area contributed by atoms with E-state index in [0.717, 1.165) is 96.3 Å². The maximum absolute atomic E-state index is 13.5. The average molecular weight is 1110 g/mol. The molecule has 0 aromatic heterocycles. The van der Waals surface area contributed by atoms with Crippen LogP contribution in [0.25, 0.3) is 0 Å². The Morgan fingerprint density at radius 1 is 0.462 bits per heavy atom. The zero-order valence-electron chi connectivity index (χ0n) is 51.1. The van der Waals surface area contributed by atoms with Crippen molar-refractivity contribution >= 4 is 19.7 Å². The van der Waals surface area contributed by atoms with Crippen LogP contribution in [0.2, 0.25) is 0 Å². The molecule has 0 saturated heterocycles. The number of ether oxygens (including phenoxy) is 1. The fraction of sp³-hybridized carbons (Fsp3) is 0.706. The molecule has 1 N–H and O–H groups in total. The summed E-state index contributed by atoms with van der Waals surface area (Å²) in [7, 11) is 1.13. The number of carbonyl (C=O) groups is 2. The van der Waals surface area contributed by atoms with Gasteiger partial charge in [-0.1, -0.05) is 246 Å². The van der Waals surface area contributed by atoms with Crippen LogP contribution in [0.5, 0.6) is 0 Å². The SMILES string of the molecule is CC/C=C\C/C=C\C/C=C\C/C=C\C/C=C\CCCC(=O)NC(COP(=O)([O-])OCC[N+](C)(C)C)C(/C=C\CCCCCCCCCCCC)OC(=O)CCCCCCCCCCCC/C=C\C/C=C\C/C=C\CCCCC. The Balaban J connectivity index is 5.28. The number of amides is 1. The van der Waals surface area contributed by atoms with Crippen molar-refractivity contribution in [3.63, 3.8) is 0 Å². The molecule has 0 radical (unpaired) electrons. The minimum atomic E-state index is -4.72. The number of phosphoric acid groups is 1. The van der Waals surface area contributed by atoms with E-state index in [4.69, 9.17) is 13.8 Å². The summed E-state index contributed by atoms with van der Waals surface area (Å²) >= 11 is 0. The van der Waals surface area contributed by atoms with E-state index in [1.54, 1.807) is 0 Å².